The van der Waals surface area contributed by atoms with Crippen LogP contribution in [0.3, 0.4) is 0 Å². The van der Waals surface area contributed by atoms with Gasteiger partial charge in [-0.15, -0.1) is 0 Å². The second-order valence-electron chi connectivity index (χ2n) is 6.17. The maximum Gasteiger partial charge on any atom is 0.0233 e. The van der Waals surface area contributed by atoms with E-state index in [1.807, 2.05) is 0 Å². The van der Waals surface area contributed by atoms with Crippen molar-refractivity contribution in [2.75, 3.05) is 14.1 Å². The van der Waals surface area contributed by atoms with E-state index in [0.29, 0.717) is 0 Å². The van der Waals surface area contributed by atoms with Crippen LogP contribution in [0.15, 0.2) is 0 Å². The van der Waals surface area contributed by atoms with Gasteiger partial charge in [0.25, 0.3) is 0 Å². The van der Waals surface area contributed by atoms with Crippen molar-refractivity contribution in [1.82, 2.24) is 4.90 Å². The van der Waals surface area contributed by atoms with Crippen molar-refractivity contribution >= 4 is 0 Å². The molecule has 1 aromatic rings. The number of benzene rings is 1. The topological polar surface area (TPSA) is 3.24 Å². The predicted octanol–water partition coefficient (Wildman–Crippen LogP) is 3.29. The number of fused-ring (bicyclic) bond motifs is 2. The average Bonchev–Trinajstić information content (AvgIpc) is 2.96. The van der Waals surface area contributed by atoms with Gasteiger partial charge in [0.1, 0.15) is 0 Å². The highest BCUT2D eigenvalue weighted by Gasteiger charge is 2.27. The van der Waals surface area contributed by atoms with Crippen LogP contribution < -0.4 is 0 Å². The summed E-state index contributed by atoms with van der Waals surface area (Å²) >= 11 is 0. The summed E-state index contributed by atoms with van der Waals surface area (Å²) in [5.41, 5.74) is 10.4. The van der Waals surface area contributed by atoms with E-state index in [0.717, 1.165) is 6.54 Å². The Morgan fingerprint density at radius 1 is 0.778 bits per heavy atom. The molecule has 0 saturated carbocycles. The highest BCUT2D eigenvalue weighted by molar-refractivity contribution is 5.55. The molecule has 1 nitrogen and oxygen atoms in total. The van der Waals surface area contributed by atoms with Crippen molar-refractivity contribution in [3.63, 3.8) is 0 Å². The summed E-state index contributed by atoms with van der Waals surface area (Å²) in [6.45, 7) is 3.49. The van der Waals surface area contributed by atoms with Gasteiger partial charge >= 0.3 is 0 Å². The van der Waals surface area contributed by atoms with E-state index in [-0.39, 0.29) is 0 Å². The van der Waals surface area contributed by atoms with Crippen LogP contribution in [0.4, 0.5) is 0 Å². The SMILES string of the molecule is CCc1c2c(c(CN(C)C)c3c1CCC3)CCC2. The summed E-state index contributed by atoms with van der Waals surface area (Å²) in [6.07, 6.45) is 9.35. The zero-order valence-corrected chi connectivity index (χ0v) is 12.1. The van der Waals surface area contributed by atoms with E-state index in [2.05, 4.69) is 25.9 Å². The molecule has 0 aromatic heterocycles. The van der Waals surface area contributed by atoms with Crippen molar-refractivity contribution in [3.05, 3.63) is 33.4 Å². The molecule has 0 heterocycles. The van der Waals surface area contributed by atoms with Gasteiger partial charge in [-0.05, 0) is 92.4 Å². The molecule has 0 spiro atoms. The minimum absolute atomic E-state index is 1.15. The Bertz CT molecular complexity index is 436. The maximum absolute atomic E-state index is 2.35. The minimum atomic E-state index is 1.15. The van der Waals surface area contributed by atoms with Crippen LogP contribution >= 0.6 is 0 Å². The van der Waals surface area contributed by atoms with Gasteiger partial charge in [0.2, 0.25) is 0 Å². The standard InChI is InChI=1S/C17H25N/c1-4-12-13-7-5-9-15(13)17(11-18(2)3)16-10-6-8-14(12)16/h4-11H2,1-3H3. The summed E-state index contributed by atoms with van der Waals surface area (Å²) in [6, 6.07) is 0. The van der Waals surface area contributed by atoms with Gasteiger partial charge in [-0.2, -0.15) is 0 Å². The Hall–Kier alpha value is -0.820. The Labute approximate surface area is 111 Å². The summed E-state index contributed by atoms with van der Waals surface area (Å²) < 4.78 is 0. The first-order valence-corrected chi connectivity index (χ1v) is 7.54. The molecule has 0 aliphatic heterocycles. The molecule has 0 amide bonds. The summed E-state index contributed by atoms with van der Waals surface area (Å²) in [4.78, 5) is 2.35. The third-order valence-corrected chi connectivity index (χ3v) is 4.72. The number of hydrogen-bond acceptors (Lipinski definition) is 1. The van der Waals surface area contributed by atoms with Gasteiger partial charge in [0, 0.05) is 6.54 Å². The first-order chi connectivity index (χ1) is 8.72. The third kappa shape index (κ3) is 1.80. The van der Waals surface area contributed by atoms with Crippen LogP contribution in [-0.2, 0) is 38.6 Å². The molecular weight excluding hydrogens is 218 g/mol. The molecule has 0 radical (unpaired) electrons. The zero-order valence-electron chi connectivity index (χ0n) is 12.1. The Morgan fingerprint density at radius 3 is 1.61 bits per heavy atom. The van der Waals surface area contributed by atoms with Crippen molar-refractivity contribution in [3.8, 4) is 0 Å². The smallest absolute Gasteiger partial charge is 0.0233 e. The fourth-order valence-electron chi connectivity index (χ4n) is 4.12. The van der Waals surface area contributed by atoms with Crippen LogP contribution in [0, 0.1) is 0 Å². The molecule has 1 aromatic carbocycles. The number of rotatable bonds is 3. The second kappa shape index (κ2) is 4.70. The van der Waals surface area contributed by atoms with Crippen LogP contribution in [0.1, 0.15) is 53.1 Å². The lowest BCUT2D eigenvalue weighted by atomic mass is 9.88. The van der Waals surface area contributed by atoms with Gasteiger partial charge in [0.15, 0.2) is 0 Å². The molecule has 0 fully saturated rings. The molecule has 98 valence electrons. The molecule has 2 aliphatic carbocycles. The molecule has 0 saturated heterocycles. The Kier molecular flexibility index (Phi) is 3.19. The normalized spacial score (nSPS) is 17.3. The van der Waals surface area contributed by atoms with E-state index >= 15 is 0 Å². The van der Waals surface area contributed by atoms with E-state index in [9.17, 15) is 0 Å². The first kappa shape index (κ1) is 12.2. The summed E-state index contributed by atoms with van der Waals surface area (Å²) in [5.74, 6) is 0. The Morgan fingerprint density at radius 2 is 1.22 bits per heavy atom. The summed E-state index contributed by atoms with van der Waals surface area (Å²) in [7, 11) is 4.41. The summed E-state index contributed by atoms with van der Waals surface area (Å²) in [5, 5.41) is 0. The van der Waals surface area contributed by atoms with Gasteiger partial charge in [0.05, 0.1) is 0 Å². The second-order valence-corrected chi connectivity index (χ2v) is 6.17. The van der Waals surface area contributed by atoms with Crippen LogP contribution in [0.2, 0.25) is 0 Å². The minimum Gasteiger partial charge on any atom is -0.305 e. The molecule has 0 bridgehead atoms. The first-order valence-electron chi connectivity index (χ1n) is 7.54. The lowest BCUT2D eigenvalue weighted by molar-refractivity contribution is 0.399. The van der Waals surface area contributed by atoms with Crippen molar-refractivity contribution in [1.29, 1.82) is 0 Å². The Balaban J connectivity index is 2.20. The maximum atomic E-state index is 2.35. The molecule has 3 rings (SSSR count). The molecule has 0 atom stereocenters. The van der Waals surface area contributed by atoms with Gasteiger partial charge < -0.3 is 4.90 Å². The van der Waals surface area contributed by atoms with Crippen LogP contribution in [0.25, 0.3) is 0 Å². The lowest BCUT2D eigenvalue weighted by Gasteiger charge is -2.21. The van der Waals surface area contributed by atoms with Crippen molar-refractivity contribution in [2.24, 2.45) is 0 Å². The zero-order chi connectivity index (χ0) is 12.7. The fourth-order valence-corrected chi connectivity index (χ4v) is 4.12. The lowest BCUT2D eigenvalue weighted by Crippen LogP contribution is -2.15. The molecule has 2 aliphatic rings. The number of hydrogen-bond donors (Lipinski definition) is 0. The van der Waals surface area contributed by atoms with Crippen molar-refractivity contribution < 1.29 is 0 Å². The van der Waals surface area contributed by atoms with Crippen molar-refractivity contribution in [2.45, 2.75) is 58.4 Å². The van der Waals surface area contributed by atoms with Crippen LogP contribution in [-0.4, -0.2) is 19.0 Å². The van der Waals surface area contributed by atoms with Gasteiger partial charge in [-0.25, -0.2) is 0 Å². The molecular formula is C17H25N. The predicted molar refractivity (Wildman–Crippen MR) is 77.3 cm³/mol. The van der Waals surface area contributed by atoms with E-state index < -0.39 is 0 Å². The quantitative estimate of drug-likeness (QED) is 0.787. The van der Waals surface area contributed by atoms with Crippen LogP contribution in [0.5, 0.6) is 0 Å². The van der Waals surface area contributed by atoms with E-state index in [4.69, 9.17) is 0 Å². The molecule has 1 heteroatoms. The largest absolute Gasteiger partial charge is 0.305 e. The molecule has 0 N–H and O–H groups in total. The highest BCUT2D eigenvalue weighted by Crippen LogP contribution is 2.39. The van der Waals surface area contributed by atoms with E-state index in [1.54, 1.807) is 33.4 Å². The monoisotopic (exact) mass is 243 g/mol. The number of nitrogens with zero attached hydrogens (tertiary/aromatic N) is 1. The fraction of sp³-hybridized carbons (Fsp3) is 0.647. The molecule has 0 unspecified atom stereocenters. The molecule has 18 heavy (non-hydrogen) atoms. The third-order valence-electron chi connectivity index (χ3n) is 4.72. The van der Waals surface area contributed by atoms with Gasteiger partial charge in [-0.3, -0.25) is 0 Å². The van der Waals surface area contributed by atoms with Gasteiger partial charge in [-0.1, -0.05) is 6.92 Å². The van der Waals surface area contributed by atoms with E-state index in [1.165, 1.54) is 44.9 Å². The highest BCUT2D eigenvalue weighted by atomic mass is 15.0. The average molecular weight is 243 g/mol.